The molecule has 0 saturated carbocycles. The normalized spacial score (nSPS) is 11.6. The van der Waals surface area contributed by atoms with Gasteiger partial charge < -0.3 is 0 Å². The first-order valence-electron chi connectivity index (χ1n) is 9.19. The lowest BCUT2D eigenvalue weighted by Gasteiger charge is -2.12. The van der Waals surface area contributed by atoms with Crippen molar-refractivity contribution >= 4 is 55.2 Å². The van der Waals surface area contributed by atoms with Crippen LogP contribution in [0.4, 0.5) is 0 Å². The molecule has 0 unspecified atom stereocenters. The third-order valence-electron chi connectivity index (χ3n) is 4.97. The lowest BCUT2D eigenvalue weighted by atomic mass is 10.0. The summed E-state index contributed by atoms with van der Waals surface area (Å²) in [5, 5.41) is 14.7. The molecule has 8 heteroatoms. The predicted octanol–water partition coefficient (Wildman–Crippen LogP) is 6.86. The highest BCUT2D eigenvalue weighted by atomic mass is 35.5. The molecule has 31 heavy (non-hydrogen) atoms. The molecule has 2 aromatic carbocycles. The number of para-hydroxylation sites is 1. The molecule has 0 aliphatic heterocycles. The van der Waals surface area contributed by atoms with Crippen LogP contribution in [0.1, 0.15) is 4.88 Å². The van der Waals surface area contributed by atoms with E-state index in [-0.39, 0.29) is 4.90 Å². The van der Waals surface area contributed by atoms with Crippen molar-refractivity contribution in [2.24, 2.45) is 0 Å². The Hall–Kier alpha value is -2.89. The fraction of sp³-hybridized carbons (Fsp3) is 0. The topological polar surface area (TPSA) is 62.9 Å². The van der Waals surface area contributed by atoms with E-state index in [1.165, 1.54) is 38.8 Å². The zero-order valence-electron chi connectivity index (χ0n) is 15.8. The maximum Gasteiger partial charge on any atom is 0.268 e. The number of aromatic nitrogens is 1. The average Bonchev–Trinajstić information content (AvgIpc) is 3.51. The lowest BCUT2D eigenvalue weighted by molar-refractivity contribution is 0.589. The zero-order valence-corrected chi connectivity index (χ0v) is 19.0. The highest BCUT2D eigenvalue weighted by Gasteiger charge is 2.30. The van der Waals surface area contributed by atoms with Gasteiger partial charge >= 0.3 is 0 Å². The van der Waals surface area contributed by atoms with Crippen molar-refractivity contribution in [2.45, 2.75) is 4.90 Å². The smallest absolute Gasteiger partial charge is 0.232 e. The molecule has 0 saturated heterocycles. The van der Waals surface area contributed by atoms with Crippen LogP contribution in [0.3, 0.4) is 0 Å². The predicted molar refractivity (Wildman–Crippen MR) is 127 cm³/mol. The zero-order chi connectivity index (χ0) is 21.6. The number of thiophene rings is 2. The van der Waals surface area contributed by atoms with Gasteiger partial charge in [-0.15, -0.1) is 22.7 Å². The summed E-state index contributed by atoms with van der Waals surface area (Å²) in [4.78, 5) is 1.50. The van der Waals surface area contributed by atoms with Gasteiger partial charge in [0, 0.05) is 21.5 Å². The van der Waals surface area contributed by atoms with Crippen molar-refractivity contribution in [2.75, 3.05) is 0 Å². The maximum absolute atomic E-state index is 13.9. The fourth-order valence-corrected chi connectivity index (χ4v) is 6.85. The molecule has 0 radical (unpaired) electrons. The molecule has 5 aromatic rings. The Morgan fingerprint density at radius 2 is 1.68 bits per heavy atom. The molecule has 0 aliphatic carbocycles. The molecule has 0 N–H and O–H groups in total. The Balaban J connectivity index is 1.96. The van der Waals surface area contributed by atoms with Crippen LogP contribution in [0, 0.1) is 11.3 Å². The molecule has 3 aromatic heterocycles. The third-order valence-corrected chi connectivity index (χ3v) is 8.65. The summed E-state index contributed by atoms with van der Waals surface area (Å²) in [5.74, 6) is 0. The molecule has 0 amide bonds. The first-order chi connectivity index (χ1) is 15.0. The van der Waals surface area contributed by atoms with Gasteiger partial charge in [-0.2, -0.15) is 5.26 Å². The minimum atomic E-state index is -3.94. The largest absolute Gasteiger partial charge is 0.268 e. The first-order valence-corrected chi connectivity index (χ1v) is 12.8. The Bertz CT molecular complexity index is 1560. The number of rotatable bonds is 4. The van der Waals surface area contributed by atoms with Crippen molar-refractivity contribution in [3.8, 4) is 27.8 Å². The SMILES string of the molecule is N#Cc1sccc1-c1c(-c2cccs2)n(S(=O)(=O)c2ccc(Cl)cc2)c2ccccc12. The molecule has 3 heterocycles. The number of fused-ring (bicyclic) bond motifs is 1. The van der Waals surface area contributed by atoms with Crippen molar-refractivity contribution in [1.29, 1.82) is 5.26 Å². The Morgan fingerprint density at radius 1 is 0.903 bits per heavy atom. The summed E-state index contributed by atoms with van der Waals surface area (Å²) < 4.78 is 29.1. The van der Waals surface area contributed by atoms with Crippen LogP contribution in [0.15, 0.2) is 82.4 Å². The van der Waals surface area contributed by atoms with Crippen molar-refractivity contribution in [1.82, 2.24) is 3.97 Å². The number of nitrogens with zero attached hydrogens (tertiary/aromatic N) is 2. The van der Waals surface area contributed by atoms with Gasteiger partial charge in [0.15, 0.2) is 0 Å². The van der Waals surface area contributed by atoms with E-state index in [1.54, 1.807) is 18.2 Å². The van der Waals surface area contributed by atoms with E-state index in [0.717, 1.165) is 21.4 Å². The van der Waals surface area contributed by atoms with Gasteiger partial charge in [-0.3, -0.25) is 0 Å². The van der Waals surface area contributed by atoms with Crippen LogP contribution < -0.4 is 0 Å². The van der Waals surface area contributed by atoms with Crippen LogP contribution in [0.25, 0.3) is 32.6 Å². The number of hydrogen-bond donors (Lipinski definition) is 0. The van der Waals surface area contributed by atoms with E-state index in [4.69, 9.17) is 11.6 Å². The number of benzene rings is 2. The van der Waals surface area contributed by atoms with Gasteiger partial charge in [-0.1, -0.05) is 35.9 Å². The summed E-state index contributed by atoms with van der Waals surface area (Å²) in [6.07, 6.45) is 0. The van der Waals surface area contributed by atoms with Gasteiger partial charge in [0.2, 0.25) is 0 Å². The monoisotopic (exact) mass is 480 g/mol. The van der Waals surface area contributed by atoms with Crippen LogP contribution >= 0.6 is 34.3 Å². The average molecular weight is 481 g/mol. The summed E-state index contributed by atoms with van der Waals surface area (Å²) >= 11 is 8.79. The van der Waals surface area contributed by atoms with Crippen LogP contribution in [0.5, 0.6) is 0 Å². The highest BCUT2D eigenvalue weighted by Crippen LogP contribution is 2.45. The molecule has 5 rings (SSSR count). The number of hydrogen-bond acceptors (Lipinski definition) is 5. The van der Waals surface area contributed by atoms with Gasteiger partial charge in [-0.25, -0.2) is 12.4 Å². The molecular formula is C23H13ClN2O2S3. The summed E-state index contributed by atoms with van der Waals surface area (Å²) in [6, 6.07) is 21.4. The van der Waals surface area contributed by atoms with E-state index in [9.17, 15) is 13.7 Å². The van der Waals surface area contributed by atoms with Crippen molar-refractivity contribution in [3.63, 3.8) is 0 Å². The lowest BCUT2D eigenvalue weighted by Crippen LogP contribution is -2.14. The first kappa shape index (κ1) is 20.0. The second kappa shape index (κ2) is 7.66. The molecule has 0 aliphatic rings. The standard InChI is InChI=1S/C23H13ClN2O2S3/c24-15-7-9-16(10-8-15)31(27,28)26-19-5-2-1-4-17(19)22(18-11-13-30-21(18)14-25)23(26)20-6-3-12-29-20/h1-13H. The Labute approximate surface area is 192 Å². The second-order valence-corrected chi connectivity index (χ2v) is 10.8. The Kier molecular flexibility index (Phi) is 4.95. The fourth-order valence-electron chi connectivity index (χ4n) is 3.68. The maximum atomic E-state index is 13.9. The van der Waals surface area contributed by atoms with Gasteiger partial charge in [0.05, 0.1) is 21.0 Å². The highest BCUT2D eigenvalue weighted by molar-refractivity contribution is 7.90. The van der Waals surface area contributed by atoms with E-state index >= 15 is 0 Å². The summed E-state index contributed by atoms with van der Waals surface area (Å²) in [5.41, 5.74) is 2.59. The quantitative estimate of drug-likeness (QED) is 0.282. The summed E-state index contributed by atoms with van der Waals surface area (Å²) in [6.45, 7) is 0. The second-order valence-electron chi connectivity index (χ2n) is 6.72. The number of halogens is 1. The minimum absolute atomic E-state index is 0.146. The van der Waals surface area contributed by atoms with Gasteiger partial charge in [-0.05, 0) is 53.2 Å². The van der Waals surface area contributed by atoms with Crippen LogP contribution in [-0.4, -0.2) is 12.4 Å². The van der Waals surface area contributed by atoms with E-state index in [1.807, 2.05) is 47.2 Å². The third kappa shape index (κ3) is 3.20. The molecule has 152 valence electrons. The van der Waals surface area contributed by atoms with Gasteiger partial charge in [0.1, 0.15) is 10.9 Å². The molecule has 0 bridgehead atoms. The number of nitriles is 1. The summed E-state index contributed by atoms with van der Waals surface area (Å²) in [7, 11) is -3.94. The van der Waals surface area contributed by atoms with E-state index in [0.29, 0.717) is 21.1 Å². The van der Waals surface area contributed by atoms with E-state index in [2.05, 4.69) is 6.07 Å². The van der Waals surface area contributed by atoms with Crippen molar-refractivity contribution in [3.05, 3.63) is 87.4 Å². The van der Waals surface area contributed by atoms with Crippen LogP contribution in [-0.2, 0) is 10.0 Å². The Morgan fingerprint density at radius 3 is 2.39 bits per heavy atom. The molecular weight excluding hydrogens is 468 g/mol. The molecule has 0 fully saturated rings. The minimum Gasteiger partial charge on any atom is -0.232 e. The van der Waals surface area contributed by atoms with E-state index < -0.39 is 10.0 Å². The van der Waals surface area contributed by atoms with Crippen LogP contribution in [0.2, 0.25) is 5.02 Å². The molecule has 0 atom stereocenters. The van der Waals surface area contributed by atoms with Crippen molar-refractivity contribution < 1.29 is 8.42 Å². The molecule has 0 spiro atoms. The van der Waals surface area contributed by atoms with Gasteiger partial charge in [0.25, 0.3) is 10.0 Å². The molecule has 4 nitrogen and oxygen atoms in total.